The van der Waals surface area contributed by atoms with E-state index in [0.29, 0.717) is 38.3 Å². The molecule has 152 valence electrons. The molecule has 0 radical (unpaired) electrons. The fourth-order valence-electron chi connectivity index (χ4n) is 3.91. The van der Waals surface area contributed by atoms with Crippen molar-refractivity contribution < 1.29 is 9.72 Å². The Morgan fingerprint density at radius 3 is 2.20 bits per heavy atom. The minimum absolute atomic E-state index is 0.0174. The van der Waals surface area contributed by atoms with E-state index in [0.717, 1.165) is 11.1 Å². The van der Waals surface area contributed by atoms with Crippen molar-refractivity contribution in [3.8, 4) is 0 Å². The van der Waals surface area contributed by atoms with Gasteiger partial charge in [0.15, 0.2) is 0 Å². The number of nitro groups is 1. The van der Waals surface area contributed by atoms with Gasteiger partial charge in [-0.2, -0.15) is 0 Å². The van der Waals surface area contributed by atoms with E-state index in [4.69, 9.17) is 0 Å². The molecule has 1 amide bonds. The van der Waals surface area contributed by atoms with Gasteiger partial charge in [-0.15, -0.1) is 0 Å². The Morgan fingerprint density at radius 2 is 1.47 bits per heavy atom. The highest BCUT2D eigenvalue weighted by Gasteiger charge is 2.26. The molecule has 1 aliphatic rings. The number of para-hydroxylation sites is 2. The molecular weight excluding hydrogens is 378 g/mol. The van der Waals surface area contributed by atoms with Crippen LogP contribution in [0.5, 0.6) is 0 Å². The normalized spacial score (nSPS) is 13.9. The minimum atomic E-state index is -0.354. The van der Waals surface area contributed by atoms with E-state index in [9.17, 15) is 14.9 Å². The zero-order valence-corrected chi connectivity index (χ0v) is 16.6. The lowest BCUT2D eigenvalue weighted by molar-refractivity contribution is -0.384. The Labute approximate surface area is 175 Å². The van der Waals surface area contributed by atoms with Crippen LogP contribution in [0.3, 0.4) is 0 Å². The highest BCUT2D eigenvalue weighted by Crippen LogP contribution is 2.28. The Morgan fingerprint density at radius 1 is 0.833 bits per heavy atom. The summed E-state index contributed by atoms with van der Waals surface area (Å²) in [6.45, 7) is 2.20. The number of rotatable bonds is 5. The van der Waals surface area contributed by atoms with Crippen LogP contribution in [0.25, 0.3) is 0 Å². The highest BCUT2D eigenvalue weighted by molar-refractivity contribution is 5.96. The average molecular weight is 401 g/mol. The summed E-state index contributed by atoms with van der Waals surface area (Å²) < 4.78 is 0. The third kappa shape index (κ3) is 4.17. The van der Waals surface area contributed by atoms with Crippen molar-refractivity contribution in [2.75, 3.05) is 31.1 Å². The molecule has 0 atom stereocenters. The second-order valence-electron chi connectivity index (χ2n) is 7.34. The van der Waals surface area contributed by atoms with Crippen molar-refractivity contribution in [2.24, 2.45) is 0 Å². The highest BCUT2D eigenvalue weighted by atomic mass is 16.6. The predicted molar refractivity (Wildman–Crippen MR) is 117 cm³/mol. The van der Waals surface area contributed by atoms with Gasteiger partial charge in [0.1, 0.15) is 5.69 Å². The van der Waals surface area contributed by atoms with Crippen molar-refractivity contribution in [3.05, 3.63) is 106 Å². The van der Waals surface area contributed by atoms with E-state index in [-0.39, 0.29) is 16.5 Å². The topological polar surface area (TPSA) is 66.7 Å². The quantitative estimate of drug-likeness (QED) is 0.476. The molecule has 1 heterocycles. The number of piperazine rings is 1. The summed E-state index contributed by atoms with van der Waals surface area (Å²) in [5, 5.41) is 11.3. The van der Waals surface area contributed by atoms with Crippen molar-refractivity contribution >= 4 is 17.3 Å². The monoisotopic (exact) mass is 401 g/mol. The lowest BCUT2D eigenvalue weighted by Crippen LogP contribution is -2.49. The number of hydrogen-bond acceptors (Lipinski definition) is 4. The Bertz CT molecular complexity index is 1040. The molecule has 1 fully saturated rings. The van der Waals surface area contributed by atoms with Gasteiger partial charge < -0.3 is 9.80 Å². The number of amides is 1. The number of benzene rings is 3. The van der Waals surface area contributed by atoms with E-state index in [1.165, 1.54) is 11.6 Å². The van der Waals surface area contributed by atoms with Gasteiger partial charge in [0.25, 0.3) is 11.6 Å². The van der Waals surface area contributed by atoms with Crippen LogP contribution < -0.4 is 4.90 Å². The molecule has 0 N–H and O–H groups in total. The molecule has 6 heteroatoms. The fourth-order valence-corrected chi connectivity index (χ4v) is 3.91. The Hall–Kier alpha value is -3.67. The number of carbonyl (C=O) groups excluding carboxylic acids is 1. The van der Waals surface area contributed by atoms with E-state index in [1.54, 1.807) is 18.2 Å². The molecule has 0 unspecified atom stereocenters. The van der Waals surface area contributed by atoms with Gasteiger partial charge in [-0.1, -0.05) is 60.7 Å². The second-order valence-corrected chi connectivity index (χ2v) is 7.34. The van der Waals surface area contributed by atoms with Crippen LogP contribution in [-0.2, 0) is 6.42 Å². The number of anilines is 1. The molecule has 1 saturated heterocycles. The molecular formula is C24H23N3O3. The third-order valence-corrected chi connectivity index (χ3v) is 5.47. The molecule has 1 aliphatic heterocycles. The fraction of sp³-hybridized carbons (Fsp3) is 0.208. The summed E-state index contributed by atoms with van der Waals surface area (Å²) in [4.78, 5) is 28.0. The summed E-state index contributed by atoms with van der Waals surface area (Å²) in [5.74, 6) is 0.0174. The van der Waals surface area contributed by atoms with Crippen LogP contribution >= 0.6 is 0 Å². The molecule has 3 aromatic rings. The van der Waals surface area contributed by atoms with E-state index >= 15 is 0 Å². The van der Waals surface area contributed by atoms with Gasteiger partial charge in [-0.3, -0.25) is 14.9 Å². The predicted octanol–water partition coefficient (Wildman–Crippen LogP) is 4.15. The lowest BCUT2D eigenvalue weighted by atomic mass is 9.99. The minimum Gasteiger partial charge on any atom is -0.362 e. The van der Waals surface area contributed by atoms with Gasteiger partial charge >= 0.3 is 0 Å². The van der Waals surface area contributed by atoms with Crippen LogP contribution in [0.2, 0.25) is 0 Å². The largest absolute Gasteiger partial charge is 0.362 e. The smallest absolute Gasteiger partial charge is 0.292 e. The Kier molecular flexibility index (Phi) is 5.75. The van der Waals surface area contributed by atoms with Crippen molar-refractivity contribution in [3.63, 3.8) is 0 Å². The van der Waals surface area contributed by atoms with E-state index in [1.807, 2.05) is 52.3 Å². The van der Waals surface area contributed by atoms with Crippen LogP contribution in [0, 0.1) is 10.1 Å². The van der Waals surface area contributed by atoms with Crippen LogP contribution in [-0.4, -0.2) is 41.9 Å². The number of nitro benzene ring substituents is 1. The van der Waals surface area contributed by atoms with Gasteiger partial charge in [0.05, 0.1) is 4.92 Å². The number of carbonyl (C=O) groups is 1. The first-order valence-electron chi connectivity index (χ1n) is 10.0. The van der Waals surface area contributed by atoms with Crippen molar-refractivity contribution in [1.82, 2.24) is 4.90 Å². The Balaban J connectivity index is 1.47. The molecule has 0 aliphatic carbocycles. The second kappa shape index (κ2) is 8.78. The first-order chi connectivity index (χ1) is 14.6. The van der Waals surface area contributed by atoms with Crippen LogP contribution in [0.1, 0.15) is 21.5 Å². The van der Waals surface area contributed by atoms with Gasteiger partial charge in [-0.25, -0.2) is 0 Å². The van der Waals surface area contributed by atoms with Gasteiger partial charge in [-0.05, 0) is 29.7 Å². The van der Waals surface area contributed by atoms with Gasteiger partial charge in [0, 0.05) is 37.8 Å². The zero-order valence-electron chi connectivity index (χ0n) is 16.6. The first-order valence-corrected chi connectivity index (χ1v) is 10.0. The molecule has 0 spiro atoms. The van der Waals surface area contributed by atoms with Crippen molar-refractivity contribution in [1.29, 1.82) is 0 Å². The van der Waals surface area contributed by atoms with Crippen LogP contribution in [0.4, 0.5) is 11.4 Å². The molecule has 0 aromatic heterocycles. The molecule has 4 rings (SSSR count). The first kappa shape index (κ1) is 19.6. The third-order valence-electron chi connectivity index (χ3n) is 5.47. The average Bonchev–Trinajstić information content (AvgIpc) is 2.80. The van der Waals surface area contributed by atoms with Crippen molar-refractivity contribution in [2.45, 2.75) is 6.42 Å². The van der Waals surface area contributed by atoms with Crippen LogP contribution in [0.15, 0.2) is 78.9 Å². The summed E-state index contributed by atoms with van der Waals surface area (Å²) in [6.07, 6.45) is 0.707. The zero-order chi connectivity index (χ0) is 20.9. The van der Waals surface area contributed by atoms with E-state index in [2.05, 4.69) is 12.1 Å². The molecule has 30 heavy (non-hydrogen) atoms. The number of nitrogens with zero attached hydrogens (tertiary/aromatic N) is 3. The summed E-state index contributed by atoms with van der Waals surface area (Å²) in [6, 6.07) is 24.6. The lowest BCUT2D eigenvalue weighted by Gasteiger charge is -2.36. The molecule has 6 nitrogen and oxygen atoms in total. The standard InChI is InChI=1S/C24H23N3O3/c28-24(21-11-5-4-10-20(21)18-19-8-2-1-3-9-19)26-16-14-25(15-17-26)22-12-6-7-13-23(22)27(29)30/h1-13H,14-18H2. The summed E-state index contributed by atoms with van der Waals surface area (Å²) in [5.41, 5.74) is 3.61. The summed E-state index contributed by atoms with van der Waals surface area (Å²) in [7, 11) is 0. The van der Waals surface area contributed by atoms with Gasteiger partial charge in [0.2, 0.25) is 0 Å². The SMILES string of the molecule is O=C(c1ccccc1Cc1ccccc1)N1CCN(c2ccccc2[N+](=O)[O-])CC1. The maximum absolute atomic E-state index is 13.2. The number of hydrogen-bond donors (Lipinski definition) is 0. The maximum Gasteiger partial charge on any atom is 0.292 e. The maximum atomic E-state index is 13.2. The molecule has 3 aromatic carbocycles. The molecule has 0 saturated carbocycles. The summed E-state index contributed by atoms with van der Waals surface area (Å²) >= 11 is 0. The molecule has 0 bridgehead atoms. The van der Waals surface area contributed by atoms with E-state index < -0.39 is 0 Å².